The van der Waals surface area contributed by atoms with E-state index in [0.29, 0.717) is 16.6 Å². The van der Waals surface area contributed by atoms with Crippen molar-refractivity contribution in [2.75, 3.05) is 16.7 Å². The minimum absolute atomic E-state index is 0.0182. The smallest absolute Gasteiger partial charge is 0.255 e. The minimum Gasteiger partial charge on any atom is -0.396 e. The summed E-state index contributed by atoms with van der Waals surface area (Å²) in [4.78, 5) is 4.53. The van der Waals surface area contributed by atoms with Gasteiger partial charge in [0.1, 0.15) is 22.9 Å². The topological polar surface area (TPSA) is 149 Å². The highest BCUT2D eigenvalue weighted by Gasteiger charge is 2.55. The molecule has 15 heteroatoms. The van der Waals surface area contributed by atoms with Crippen LogP contribution in [-0.2, 0) is 23.5 Å². The van der Waals surface area contributed by atoms with E-state index in [0.717, 1.165) is 24.5 Å². The van der Waals surface area contributed by atoms with Crippen LogP contribution in [0.5, 0.6) is 0 Å². The molecule has 2 heterocycles. The summed E-state index contributed by atoms with van der Waals surface area (Å²) in [5.41, 5.74) is 12.4. The zero-order chi connectivity index (χ0) is 31.5. The lowest BCUT2D eigenvalue weighted by atomic mass is 9.77. The first-order chi connectivity index (χ1) is 19.9. The van der Waals surface area contributed by atoms with Crippen LogP contribution in [-0.4, -0.2) is 46.1 Å². The van der Waals surface area contributed by atoms with Crippen molar-refractivity contribution in [3.05, 3.63) is 70.0 Å². The van der Waals surface area contributed by atoms with Crippen molar-refractivity contribution in [2.24, 2.45) is 12.8 Å². The molecule has 1 atom stereocenters. The number of sulfonamides is 1. The minimum atomic E-state index is -3.73. The van der Waals surface area contributed by atoms with Gasteiger partial charge in [0, 0.05) is 24.2 Å². The number of fused-ring (bicyclic) bond motifs is 1. The van der Waals surface area contributed by atoms with Crippen molar-refractivity contribution in [3.8, 4) is 23.0 Å². The van der Waals surface area contributed by atoms with Crippen molar-refractivity contribution in [3.63, 3.8) is 0 Å². The average molecular weight is 637 g/mol. The number of aliphatic hydroxyl groups is 1. The average Bonchev–Trinajstić information content (AvgIpc) is 3.16. The molecule has 0 radical (unpaired) electrons. The van der Waals surface area contributed by atoms with Gasteiger partial charge < -0.3 is 16.6 Å². The Morgan fingerprint density at radius 2 is 1.81 bits per heavy atom. The number of alkyl halides is 2. The zero-order valence-electron chi connectivity index (χ0n) is 22.7. The first kappa shape index (κ1) is 30.6. The molecule has 43 heavy (non-hydrogen) atoms. The van der Waals surface area contributed by atoms with Crippen LogP contribution in [0.1, 0.15) is 35.8 Å². The molecule has 226 valence electrons. The monoisotopic (exact) mass is 636 g/mol. The third-order valence-corrected chi connectivity index (χ3v) is 7.72. The number of pyridine rings is 1. The number of nitrogens with zero attached hydrogens (tertiary/aromatic N) is 3. The summed E-state index contributed by atoms with van der Waals surface area (Å²) in [6, 6.07) is 6.59. The van der Waals surface area contributed by atoms with Gasteiger partial charge in [-0.05, 0) is 42.2 Å². The van der Waals surface area contributed by atoms with E-state index in [2.05, 4.69) is 26.6 Å². The van der Waals surface area contributed by atoms with Gasteiger partial charge in [0.25, 0.3) is 5.92 Å². The van der Waals surface area contributed by atoms with Gasteiger partial charge in [0.05, 0.1) is 52.4 Å². The number of nitrogen functional groups attached to an aromatic ring is 1. The van der Waals surface area contributed by atoms with Crippen LogP contribution in [0.4, 0.5) is 29.1 Å². The standard InChI is InChI=1S/C28H25ClF4N6O3S/c1-39-25-17(3-4-19(29)23(25)26(37-39)38-43(2,41)42)18-11-20(34)22(5-6-27(40)12-28(32,33)13-27)36-24(18)21(35)9-14-7-15(30)10-16(31)8-14/h3-4,7-8,10-11,21,40H,9,12-13,34-35H2,1-2H3,(H,37,38). The highest BCUT2D eigenvalue weighted by Crippen LogP contribution is 2.45. The number of benzene rings is 2. The molecule has 5 rings (SSSR count). The van der Waals surface area contributed by atoms with Gasteiger partial charge in [0.2, 0.25) is 10.0 Å². The van der Waals surface area contributed by atoms with Crippen LogP contribution in [0.3, 0.4) is 0 Å². The number of hydrogen-bond donors (Lipinski definition) is 4. The lowest BCUT2D eigenvalue weighted by molar-refractivity contribution is -0.176. The molecule has 1 aliphatic carbocycles. The summed E-state index contributed by atoms with van der Waals surface area (Å²) in [7, 11) is -2.16. The first-order valence-electron chi connectivity index (χ1n) is 12.7. The molecular formula is C28H25ClF4N6O3S. The Morgan fingerprint density at radius 1 is 1.16 bits per heavy atom. The SMILES string of the molecule is Cn1nc(NS(C)(=O)=O)c2c(Cl)ccc(-c3cc(N)c(C#CC4(O)CC(F)(F)C4)nc3C(N)Cc3cc(F)cc(F)c3)c21. The normalized spacial score (nSPS) is 16.3. The second-order valence-corrected chi connectivity index (χ2v) is 12.8. The third-order valence-electron chi connectivity index (χ3n) is 6.84. The van der Waals surface area contributed by atoms with Gasteiger partial charge in [-0.1, -0.05) is 23.6 Å². The molecule has 0 amide bonds. The Labute approximate surface area is 248 Å². The van der Waals surface area contributed by atoms with Crippen molar-refractivity contribution in [1.29, 1.82) is 0 Å². The van der Waals surface area contributed by atoms with Crippen LogP contribution in [0.15, 0.2) is 36.4 Å². The van der Waals surface area contributed by atoms with Crippen LogP contribution < -0.4 is 16.2 Å². The Kier molecular flexibility index (Phi) is 7.58. The molecule has 9 nitrogen and oxygen atoms in total. The van der Waals surface area contributed by atoms with E-state index in [1.807, 2.05) is 0 Å². The highest BCUT2D eigenvalue weighted by molar-refractivity contribution is 7.92. The first-order valence-corrected chi connectivity index (χ1v) is 15.0. The maximum absolute atomic E-state index is 13.9. The van der Waals surface area contributed by atoms with Gasteiger partial charge in [-0.2, -0.15) is 5.10 Å². The van der Waals surface area contributed by atoms with Crippen molar-refractivity contribution < 1.29 is 31.1 Å². The lowest BCUT2D eigenvalue weighted by Gasteiger charge is -2.39. The summed E-state index contributed by atoms with van der Waals surface area (Å²) in [6.45, 7) is 0. The molecule has 0 aliphatic heterocycles. The largest absolute Gasteiger partial charge is 0.396 e. The maximum atomic E-state index is 13.9. The van der Waals surface area contributed by atoms with Crippen LogP contribution in [0.2, 0.25) is 5.02 Å². The number of aromatic nitrogens is 3. The highest BCUT2D eigenvalue weighted by atomic mass is 35.5. The van der Waals surface area contributed by atoms with Gasteiger partial charge in [-0.3, -0.25) is 9.40 Å². The summed E-state index contributed by atoms with van der Waals surface area (Å²) < 4.78 is 82.4. The molecule has 6 N–H and O–H groups in total. The number of rotatable bonds is 6. The Bertz CT molecular complexity index is 1930. The van der Waals surface area contributed by atoms with E-state index in [-0.39, 0.29) is 45.3 Å². The molecule has 0 saturated heterocycles. The van der Waals surface area contributed by atoms with Gasteiger partial charge in [0.15, 0.2) is 5.82 Å². The number of nitrogens with two attached hydrogens (primary N) is 2. The Balaban J connectivity index is 1.69. The third kappa shape index (κ3) is 6.40. The second kappa shape index (κ2) is 10.7. The van der Waals surface area contributed by atoms with E-state index in [1.165, 1.54) is 16.8 Å². The molecule has 2 aromatic heterocycles. The van der Waals surface area contributed by atoms with Crippen LogP contribution in [0, 0.1) is 23.5 Å². The molecular weight excluding hydrogens is 612 g/mol. The van der Waals surface area contributed by atoms with Crippen LogP contribution >= 0.6 is 11.6 Å². The fraction of sp³-hybridized carbons (Fsp3) is 0.286. The van der Waals surface area contributed by atoms with E-state index in [9.17, 15) is 31.1 Å². The summed E-state index contributed by atoms with van der Waals surface area (Å²) in [5, 5.41) is 15.1. The number of aryl methyl sites for hydroxylation is 1. The number of halogens is 5. The Morgan fingerprint density at radius 3 is 2.42 bits per heavy atom. The van der Waals surface area contributed by atoms with Crippen molar-refractivity contribution in [1.82, 2.24) is 14.8 Å². The number of anilines is 2. The van der Waals surface area contributed by atoms with Gasteiger partial charge in [-0.25, -0.2) is 31.0 Å². The maximum Gasteiger partial charge on any atom is 0.255 e. The van der Waals surface area contributed by atoms with Gasteiger partial charge in [-0.15, -0.1) is 0 Å². The van der Waals surface area contributed by atoms with Crippen molar-refractivity contribution in [2.45, 2.75) is 36.8 Å². The Hall–Kier alpha value is -3.90. The molecule has 0 spiro atoms. The molecule has 1 saturated carbocycles. The number of hydrogen-bond acceptors (Lipinski definition) is 7. The van der Waals surface area contributed by atoms with Crippen molar-refractivity contribution >= 4 is 44.0 Å². The number of nitrogens with one attached hydrogen (secondary N) is 1. The summed E-state index contributed by atoms with van der Waals surface area (Å²) in [5.74, 6) is 0.330. The van der Waals surface area contributed by atoms with Gasteiger partial charge >= 0.3 is 0 Å². The van der Waals surface area contributed by atoms with E-state index < -0.39 is 52.1 Å². The molecule has 0 bridgehead atoms. The quantitative estimate of drug-likeness (QED) is 0.182. The summed E-state index contributed by atoms with van der Waals surface area (Å²) >= 11 is 6.46. The fourth-order valence-electron chi connectivity index (χ4n) is 5.13. The molecule has 4 aromatic rings. The zero-order valence-corrected chi connectivity index (χ0v) is 24.3. The fourth-order valence-corrected chi connectivity index (χ4v) is 5.87. The molecule has 1 unspecified atom stereocenters. The molecule has 1 aliphatic rings. The lowest BCUT2D eigenvalue weighted by Crippen LogP contribution is -2.50. The molecule has 1 fully saturated rings. The predicted molar refractivity (Wildman–Crippen MR) is 155 cm³/mol. The predicted octanol–water partition coefficient (Wildman–Crippen LogP) is 4.27. The molecule has 2 aromatic carbocycles. The van der Waals surface area contributed by atoms with E-state index in [1.54, 1.807) is 13.1 Å². The van der Waals surface area contributed by atoms with Crippen LogP contribution in [0.25, 0.3) is 22.0 Å². The summed E-state index contributed by atoms with van der Waals surface area (Å²) in [6.07, 6.45) is -0.793. The van der Waals surface area contributed by atoms with E-state index >= 15 is 0 Å². The van der Waals surface area contributed by atoms with E-state index in [4.69, 9.17) is 23.1 Å². The second-order valence-electron chi connectivity index (χ2n) is 10.6.